The van der Waals surface area contributed by atoms with Crippen LogP contribution in [0.15, 0.2) is 48.8 Å². The van der Waals surface area contributed by atoms with Crippen molar-refractivity contribution in [2.75, 3.05) is 6.54 Å². The van der Waals surface area contributed by atoms with E-state index in [0.717, 1.165) is 37.4 Å². The fraction of sp³-hybridized carbons (Fsp3) is 0.348. The summed E-state index contributed by atoms with van der Waals surface area (Å²) in [4.78, 5) is 16.1. The van der Waals surface area contributed by atoms with Crippen LogP contribution < -0.4 is 4.74 Å². The van der Waals surface area contributed by atoms with Crippen molar-refractivity contribution in [1.29, 1.82) is 0 Å². The minimum atomic E-state index is -4.71. The highest BCUT2D eigenvalue weighted by Gasteiger charge is 2.31. The molecule has 1 fully saturated rings. The molecule has 0 bridgehead atoms. The van der Waals surface area contributed by atoms with E-state index in [-0.39, 0.29) is 5.75 Å². The van der Waals surface area contributed by atoms with E-state index in [2.05, 4.69) is 19.6 Å². The van der Waals surface area contributed by atoms with Gasteiger partial charge in [0.15, 0.2) is 0 Å². The number of rotatable bonds is 5. The smallest absolute Gasteiger partial charge is 0.406 e. The van der Waals surface area contributed by atoms with Crippen LogP contribution in [0.5, 0.6) is 5.75 Å². The third-order valence-corrected chi connectivity index (χ3v) is 5.57. The first-order valence-corrected chi connectivity index (χ1v) is 10.3. The molecule has 5 rings (SSSR count). The molecule has 3 aromatic rings. The van der Waals surface area contributed by atoms with Crippen LogP contribution in [-0.4, -0.2) is 32.8 Å². The third kappa shape index (κ3) is 4.85. The van der Waals surface area contributed by atoms with Crippen molar-refractivity contribution in [2.45, 2.75) is 44.6 Å². The van der Waals surface area contributed by atoms with Crippen molar-refractivity contribution >= 4 is 0 Å². The Bertz CT molecular complexity index is 1080. The summed E-state index contributed by atoms with van der Waals surface area (Å²) in [5.41, 5.74) is 4.57. The lowest BCUT2D eigenvalue weighted by molar-refractivity contribution is -0.274. The molecule has 0 atom stereocenters. The van der Waals surface area contributed by atoms with Crippen LogP contribution in [0, 0.1) is 0 Å². The fourth-order valence-corrected chi connectivity index (χ4v) is 3.86. The zero-order chi connectivity index (χ0) is 21.4. The van der Waals surface area contributed by atoms with Crippen LogP contribution in [0.4, 0.5) is 13.2 Å². The molecule has 5 nitrogen and oxygen atoms in total. The second-order valence-corrected chi connectivity index (χ2v) is 8.06. The van der Waals surface area contributed by atoms with Crippen LogP contribution >= 0.6 is 0 Å². The SMILES string of the molecule is FC(F)(F)Oc1cccc(-c2ccc(CN3CCc4nc(C5CC5)ncc4C3)cn2)c1. The molecule has 2 aliphatic rings. The summed E-state index contributed by atoms with van der Waals surface area (Å²) in [7, 11) is 0. The van der Waals surface area contributed by atoms with Gasteiger partial charge >= 0.3 is 6.36 Å². The number of hydrogen-bond donors (Lipinski definition) is 0. The molecule has 0 spiro atoms. The predicted octanol–water partition coefficient (Wildman–Crippen LogP) is 4.87. The zero-order valence-corrected chi connectivity index (χ0v) is 16.8. The molecule has 3 heterocycles. The first-order valence-electron chi connectivity index (χ1n) is 10.3. The average molecular weight is 426 g/mol. The van der Waals surface area contributed by atoms with Gasteiger partial charge in [-0.2, -0.15) is 0 Å². The summed E-state index contributed by atoms with van der Waals surface area (Å²) in [6.07, 6.45) is 2.35. The number of halogens is 3. The van der Waals surface area contributed by atoms with Crippen LogP contribution in [0.3, 0.4) is 0 Å². The van der Waals surface area contributed by atoms with Gasteiger partial charge in [-0.1, -0.05) is 18.2 Å². The largest absolute Gasteiger partial charge is 0.573 e. The highest BCUT2D eigenvalue weighted by molar-refractivity contribution is 5.61. The molecule has 1 saturated carbocycles. The zero-order valence-electron chi connectivity index (χ0n) is 16.8. The molecule has 2 aromatic heterocycles. The Hall–Kier alpha value is -3.00. The Morgan fingerprint density at radius 2 is 1.94 bits per heavy atom. The average Bonchev–Trinajstić information content (AvgIpc) is 3.58. The Labute approximate surface area is 177 Å². The molecule has 0 radical (unpaired) electrons. The quantitative estimate of drug-likeness (QED) is 0.583. The van der Waals surface area contributed by atoms with Gasteiger partial charge < -0.3 is 4.74 Å². The molecule has 160 valence electrons. The summed E-state index contributed by atoms with van der Waals surface area (Å²) in [5, 5.41) is 0. The second-order valence-electron chi connectivity index (χ2n) is 8.06. The second kappa shape index (κ2) is 7.92. The van der Waals surface area contributed by atoms with Crippen LogP contribution in [-0.2, 0) is 19.5 Å². The van der Waals surface area contributed by atoms with Crippen molar-refractivity contribution in [3.63, 3.8) is 0 Å². The Morgan fingerprint density at radius 3 is 2.68 bits per heavy atom. The summed E-state index contributed by atoms with van der Waals surface area (Å²) in [6.45, 7) is 2.47. The summed E-state index contributed by atoms with van der Waals surface area (Å²) >= 11 is 0. The van der Waals surface area contributed by atoms with Crippen molar-refractivity contribution < 1.29 is 17.9 Å². The van der Waals surface area contributed by atoms with Gasteiger partial charge in [-0.15, -0.1) is 13.2 Å². The number of benzene rings is 1. The fourth-order valence-electron chi connectivity index (χ4n) is 3.86. The van der Waals surface area contributed by atoms with Gasteiger partial charge in [-0.05, 0) is 36.6 Å². The van der Waals surface area contributed by atoms with Gasteiger partial charge in [0.2, 0.25) is 0 Å². The first-order chi connectivity index (χ1) is 14.9. The maximum atomic E-state index is 12.5. The third-order valence-electron chi connectivity index (χ3n) is 5.57. The number of hydrogen-bond acceptors (Lipinski definition) is 5. The lowest BCUT2D eigenvalue weighted by atomic mass is 10.1. The molecule has 31 heavy (non-hydrogen) atoms. The van der Waals surface area contributed by atoms with Gasteiger partial charge in [-0.3, -0.25) is 9.88 Å². The maximum Gasteiger partial charge on any atom is 0.573 e. The number of aromatic nitrogens is 3. The minimum Gasteiger partial charge on any atom is -0.406 e. The Balaban J connectivity index is 1.24. The topological polar surface area (TPSA) is 51.1 Å². The minimum absolute atomic E-state index is 0.255. The molecule has 0 N–H and O–H groups in total. The lowest BCUT2D eigenvalue weighted by Crippen LogP contribution is -2.31. The van der Waals surface area contributed by atoms with Gasteiger partial charge in [0.05, 0.1) is 5.69 Å². The van der Waals surface area contributed by atoms with Crippen LogP contribution in [0.1, 0.15) is 41.4 Å². The van der Waals surface area contributed by atoms with E-state index in [1.54, 1.807) is 12.3 Å². The predicted molar refractivity (Wildman–Crippen MR) is 108 cm³/mol. The van der Waals surface area contributed by atoms with E-state index in [1.807, 2.05) is 18.3 Å². The molecular formula is C23H21F3N4O. The number of fused-ring (bicyclic) bond motifs is 1. The van der Waals surface area contributed by atoms with Gasteiger partial charge in [0.25, 0.3) is 0 Å². The van der Waals surface area contributed by atoms with Gasteiger partial charge in [0, 0.05) is 61.2 Å². The molecule has 0 saturated heterocycles. The highest BCUT2D eigenvalue weighted by atomic mass is 19.4. The molecular weight excluding hydrogens is 405 g/mol. The van der Waals surface area contributed by atoms with Crippen LogP contribution in [0.25, 0.3) is 11.3 Å². The van der Waals surface area contributed by atoms with E-state index in [0.29, 0.717) is 17.2 Å². The Morgan fingerprint density at radius 1 is 1.06 bits per heavy atom. The number of ether oxygens (including phenoxy) is 1. The summed E-state index contributed by atoms with van der Waals surface area (Å²) in [5.74, 6) is 1.31. The normalized spacial score (nSPS) is 16.7. The summed E-state index contributed by atoms with van der Waals surface area (Å²) < 4.78 is 41.3. The van der Waals surface area contributed by atoms with Crippen molar-refractivity contribution in [3.8, 4) is 17.0 Å². The molecule has 8 heteroatoms. The van der Waals surface area contributed by atoms with E-state index in [4.69, 9.17) is 4.98 Å². The lowest BCUT2D eigenvalue weighted by Gasteiger charge is -2.28. The van der Waals surface area contributed by atoms with E-state index in [9.17, 15) is 13.2 Å². The highest BCUT2D eigenvalue weighted by Crippen LogP contribution is 2.38. The van der Waals surface area contributed by atoms with Crippen molar-refractivity contribution in [2.24, 2.45) is 0 Å². The molecule has 0 amide bonds. The maximum absolute atomic E-state index is 12.5. The van der Waals surface area contributed by atoms with Crippen LogP contribution in [0.2, 0.25) is 0 Å². The van der Waals surface area contributed by atoms with E-state index in [1.165, 1.54) is 42.3 Å². The number of nitrogens with zero attached hydrogens (tertiary/aromatic N) is 4. The van der Waals surface area contributed by atoms with Crippen molar-refractivity contribution in [3.05, 3.63) is 71.4 Å². The van der Waals surface area contributed by atoms with E-state index < -0.39 is 6.36 Å². The van der Waals surface area contributed by atoms with E-state index >= 15 is 0 Å². The standard InChI is InChI=1S/C23H21F3N4O/c24-23(25,26)31-19-3-1-2-17(10-19)20-7-4-15(11-27-20)13-30-9-8-21-18(14-30)12-28-22(29-21)16-5-6-16/h1-4,7,10-12,16H,5-6,8-9,13-14H2. The van der Waals surface area contributed by atoms with Gasteiger partial charge in [0.1, 0.15) is 11.6 Å². The molecule has 0 unspecified atom stereocenters. The van der Waals surface area contributed by atoms with Crippen molar-refractivity contribution in [1.82, 2.24) is 19.9 Å². The summed E-state index contributed by atoms with van der Waals surface area (Å²) in [6, 6.07) is 9.63. The number of pyridine rings is 1. The molecule has 1 aliphatic carbocycles. The monoisotopic (exact) mass is 426 g/mol. The molecule has 1 aromatic carbocycles. The number of alkyl halides is 3. The first kappa shape index (κ1) is 19.9. The molecule has 1 aliphatic heterocycles. The Kier molecular flexibility index (Phi) is 5.09. The van der Waals surface area contributed by atoms with Gasteiger partial charge in [-0.25, -0.2) is 9.97 Å².